The summed E-state index contributed by atoms with van der Waals surface area (Å²) in [6.07, 6.45) is 1.43. The van der Waals surface area contributed by atoms with E-state index in [9.17, 15) is 12.8 Å². The molecule has 0 bridgehead atoms. The minimum absolute atomic E-state index is 0.0322. The van der Waals surface area contributed by atoms with E-state index in [-0.39, 0.29) is 17.6 Å². The van der Waals surface area contributed by atoms with E-state index in [0.717, 1.165) is 13.1 Å². The van der Waals surface area contributed by atoms with Crippen molar-refractivity contribution in [3.05, 3.63) is 35.6 Å². The number of ether oxygens (including phenoxy) is 2. The third kappa shape index (κ3) is 5.47. The predicted octanol–water partition coefficient (Wildman–Crippen LogP) is 1.47. The first kappa shape index (κ1) is 19.7. The normalized spacial score (nSPS) is 20.5. The molecule has 2 aliphatic heterocycles. The average Bonchev–Trinajstić information content (AvgIpc) is 2.65. The lowest BCUT2D eigenvalue weighted by Gasteiger charge is -2.35. The Labute approximate surface area is 154 Å². The molecule has 26 heavy (non-hydrogen) atoms. The maximum absolute atomic E-state index is 13.1. The number of rotatable bonds is 7. The van der Waals surface area contributed by atoms with Gasteiger partial charge in [0.1, 0.15) is 5.82 Å². The van der Waals surface area contributed by atoms with Gasteiger partial charge in [-0.15, -0.1) is 0 Å². The van der Waals surface area contributed by atoms with Gasteiger partial charge in [0, 0.05) is 45.4 Å². The van der Waals surface area contributed by atoms with Gasteiger partial charge in [0.25, 0.3) is 0 Å². The zero-order valence-electron chi connectivity index (χ0n) is 15.0. The van der Waals surface area contributed by atoms with Crippen LogP contribution in [-0.4, -0.2) is 76.3 Å². The van der Waals surface area contributed by atoms with Crippen LogP contribution in [0.15, 0.2) is 24.3 Å². The molecule has 8 heteroatoms. The Bertz CT molecular complexity index is 656. The van der Waals surface area contributed by atoms with E-state index in [1.54, 1.807) is 4.31 Å². The minimum atomic E-state index is -3.49. The molecule has 0 radical (unpaired) electrons. The number of sulfonamides is 1. The summed E-state index contributed by atoms with van der Waals surface area (Å²) in [5, 5.41) is 0. The fourth-order valence-corrected chi connectivity index (χ4v) is 5.27. The van der Waals surface area contributed by atoms with Crippen molar-refractivity contribution in [2.24, 2.45) is 0 Å². The fourth-order valence-electron chi connectivity index (χ4n) is 3.46. The molecule has 2 saturated heterocycles. The van der Waals surface area contributed by atoms with Crippen molar-refractivity contribution in [3.8, 4) is 0 Å². The van der Waals surface area contributed by atoms with Gasteiger partial charge >= 0.3 is 0 Å². The van der Waals surface area contributed by atoms with Gasteiger partial charge in [-0.25, -0.2) is 12.8 Å². The Balaban J connectivity index is 1.70. The lowest BCUT2D eigenvalue weighted by atomic mass is 10.1. The van der Waals surface area contributed by atoms with Crippen molar-refractivity contribution < 1.29 is 22.3 Å². The van der Waals surface area contributed by atoms with Crippen molar-refractivity contribution in [2.75, 3.05) is 52.6 Å². The maximum atomic E-state index is 13.1. The van der Waals surface area contributed by atoms with E-state index in [1.165, 1.54) is 24.3 Å². The molecule has 6 nitrogen and oxygen atoms in total. The number of morpholine rings is 1. The number of benzene rings is 1. The van der Waals surface area contributed by atoms with E-state index in [1.807, 2.05) is 0 Å². The number of halogens is 1. The molecule has 0 aromatic heterocycles. The van der Waals surface area contributed by atoms with Gasteiger partial charge < -0.3 is 9.47 Å². The molecule has 3 rings (SSSR count). The van der Waals surface area contributed by atoms with Crippen molar-refractivity contribution in [2.45, 2.75) is 24.6 Å². The Hall–Kier alpha value is -1.06. The Morgan fingerprint density at radius 3 is 2.31 bits per heavy atom. The molecule has 1 aromatic carbocycles. The van der Waals surface area contributed by atoms with Crippen molar-refractivity contribution in [1.29, 1.82) is 0 Å². The largest absolute Gasteiger partial charge is 0.381 e. The summed E-state index contributed by atoms with van der Waals surface area (Å²) in [7, 11) is -3.49. The highest BCUT2D eigenvalue weighted by Gasteiger charge is 2.31. The molecule has 2 heterocycles. The highest BCUT2D eigenvalue weighted by atomic mass is 32.2. The lowest BCUT2D eigenvalue weighted by molar-refractivity contribution is 0.0291. The second kappa shape index (κ2) is 9.23. The van der Waals surface area contributed by atoms with Gasteiger partial charge in [-0.3, -0.25) is 4.90 Å². The Morgan fingerprint density at radius 2 is 1.65 bits per heavy atom. The van der Waals surface area contributed by atoms with Crippen LogP contribution in [0.2, 0.25) is 0 Å². The fraction of sp³-hybridized carbons (Fsp3) is 0.667. The van der Waals surface area contributed by atoms with E-state index < -0.39 is 10.0 Å². The first-order valence-electron chi connectivity index (χ1n) is 9.16. The van der Waals surface area contributed by atoms with Gasteiger partial charge in [-0.05, 0) is 30.5 Å². The highest BCUT2D eigenvalue weighted by molar-refractivity contribution is 7.88. The molecule has 0 atom stereocenters. The summed E-state index contributed by atoms with van der Waals surface area (Å²) < 4.78 is 51.7. The summed E-state index contributed by atoms with van der Waals surface area (Å²) in [5.74, 6) is -0.465. The number of hydrogen-bond donors (Lipinski definition) is 0. The standard InChI is InChI=1S/C18H27FN2O4S/c19-17-3-1-16(2-4-17)15-26(22,23)21(18-5-11-24-12-6-18)8-7-20-9-13-25-14-10-20/h1-4,18H,5-15H2. The monoisotopic (exact) mass is 386 g/mol. The zero-order chi connectivity index (χ0) is 18.4. The summed E-state index contributed by atoms with van der Waals surface area (Å²) in [5.41, 5.74) is 0.606. The molecule has 0 unspecified atom stereocenters. The maximum Gasteiger partial charge on any atom is 0.218 e. The molecular formula is C18H27FN2O4S. The second-order valence-corrected chi connectivity index (χ2v) is 8.71. The Morgan fingerprint density at radius 1 is 1.04 bits per heavy atom. The zero-order valence-corrected chi connectivity index (χ0v) is 15.8. The molecule has 2 fully saturated rings. The van der Waals surface area contributed by atoms with Crippen LogP contribution in [0.25, 0.3) is 0 Å². The molecule has 146 valence electrons. The first-order valence-corrected chi connectivity index (χ1v) is 10.8. The van der Waals surface area contributed by atoms with E-state index in [2.05, 4.69) is 4.90 Å². The van der Waals surface area contributed by atoms with Crippen LogP contribution in [0.5, 0.6) is 0 Å². The van der Waals surface area contributed by atoms with Gasteiger partial charge in [0.15, 0.2) is 0 Å². The van der Waals surface area contributed by atoms with Gasteiger partial charge in [-0.1, -0.05) is 12.1 Å². The van der Waals surface area contributed by atoms with Crippen molar-refractivity contribution in [3.63, 3.8) is 0 Å². The molecule has 0 aliphatic carbocycles. The van der Waals surface area contributed by atoms with Crippen LogP contribution in [0.3, 0.4) is 0 Å². The smallest absolute Gasteiger partial charge is 0.218 e. The summed E-state index contributed by atoms with van der Waals surface area (Å²) >= 11 is 0. The van der Waals surface area contributed by atoms with Gasteiger partial charge in [0.2, 0.25) is 10.0 Å². The van der Waals surface area contributed by atoms with Crippen LogP contribution < -0.4 is 0 Å². The first-order chi connectivity index (χ1) is 12.5. The molecule has 0 spiro atoms. The summed E-state index contributed by atoms with van der Waals surface area (Å²) in [4.78, 5) is 2.24. The quantitative estimate of drug-likeness (QED) is 0.710. The van der Waals surface area contributed by atoms with Crippen molar-refractivity contribution in [1.82, 2.24) is 9.21 Å². The highest BCUT2D eigenvalue weighted by Crippen LogP contribution is 2.21. The molecule has 0 amide bonds. The lowest BCUT2D eigenvalue weighted by Crippen LogP contribution is -2.48. The van der Waals surface area contributed by atoms with Gasteiger partial charge in [0.05, 0.1) is 19.0 Å². The molecule has 2 aliphatic rings. The Kier molecular flexibility index (Phi) is 6.99. The predicted molar refractivity (Wildman–Crippen MR) is 96.8 cm³/mol. The van der Waals surface area contributed by atoms with Crippen LogP contribution in [0.1, 0.15) is 18.4 Å². The SMILES string of the molecule is O=S(=O)(Cc1ccc(F)cc1)N(CCN1CCOCC1)C1CCOCC1. The second-order valence-electron chi connectivity index (χ2n) is 6.79. The van der Waals surface area contributed by atoms with Crippen LogP contribution in [-0.2, 0) is 25.2 Å². The molecule has 0 N–H and O–H groups in total. The van der Waals surface area contributed by atoms with E-state index >= 15 is 0 Å². The topological polar surface area (TPSA) is 59.1 Å². The minimum Gasteiger partial charge on any atom is -0.381 e. The third-order valence-electron chi connectivity index (χ3n) is 4.96. The van der Waals surface area contributed by atoms with Crippen LogP contribution in [0, 0.1) is 5.82 Å². The van der Waals surface area contributed by atoms with Crippen molar-refractivity contribution >= 4 is 10.0 Å². The number of nitrogens with zero attached hydrogens (tertiary/aromatic N) is 2. The molecule has 1 aromatic rings. The molecular weight excluding hydrogens is 359 g/mol. The van der Waals surface area contributed by atoms with E-state index in [0.29, 0.717) is 57.9 Å². The van der Waals surface area contributed by atoms with Gasteiger partial charge in [-0.2, -0.15) is 4.31 Å². The van der Waals surface area contributed by atoms with Crippen LogP contribution in [0.4, 0.5) is 4.39 Å². The summed E-state index contributed by atoms with van der Waals surface area (Å²) in [6, 6.07) is 5.65. The average molecular weight is 386 g/mol. The third-order valence-corrected chi connectivity index (χ3v) is 6.85. The molecule has 0 saturated carbocycles. The van der Waals surface area contributed by atoms with Crippen LogP contribution >= 0.6 is 0 Å². The number of hydrogen-bond acceptors (Lipinski definition) is 5. The van der Waals surface area contributed by atoms with E-state index in [4.69, 9.17) is 9.47 Å². The summed E-state index contributed by atoms with van der Waals surface area (Å²) in [6.45, 7) is 5.39.